The van der Waals surface area contributed by atoms with Gasteiger partial charge in [0, 0.05) is 55.8 Å². The standard InChI is InChI=1S/C43H40N3O.Pt/c1-26(2)29-17-18-37-34(21-29)24-39(45-41(37)38-23-30-11-7-8-12-31(30)25-40(38)47)32-13-9-14-33(22-32)43-44-19-20-46(43)42-35(27(3)4)15-10-16-36(42)28(5)6;/h7-21,23-28,47H,1-6H3;/q-1;. The molecule has 0 saturated heterocycles. The van der Waals surface area contributed by atoms with Crippen LogP contribution in [0.2, 0.25) is 0 Å². The van der Waals surface area contributed by atoms with Crippen LogP contribution in [0.4, 0.5) is 0 Å². The number of phenols is 1. The van der Waals surface area contributed by atoms with Crippen LogP contribution >= 0.6 is 0 Å². The van der Waals surface area contributed by atoms with Crippen LogP contribution in [0.3, 0.4) is 0 Å². The maximum absolute atomic E-state index is 11.3. The second kappa shape index (κ2) is 13.5. The maximum atomic E-state index is 11.3. The van der Waals surface area contributed by atoms with E-state index in [2.05, 4.69) is 125 Å². The Bertz CT molecular complexity index is 2240. The van der Waals surface area contributed by atoms with Gasteiger partial charge in [-0.3, -0.25) is 9.97 Å². The van der Waals surface area contributed by atoms with Gasteiger partial charge in [0.25, 0.3) is 0 Å². The van der Waals surface area contributed by atoms with Gasteiger partial charge in [-0.2, -0.15) is 0 Å². The van der Waals surface area contributed by atoms with E-state index in [4.69, 9.17) is 9.97 Å². The summed E-state index contributed by atoms with van der Waals surface area (Å²) in [6.07, 6.45) is 3.94. The number of pyridine rings is 1. The molecular formula is C43H40N3OPt-. The smallest absolute Gasteiger partial charge is 0.125 e. The molecule has 0 amide bonds. The second-order valence-corrected chi connectivity index (χ2v) is 13.4. The van der Waals surface area contributed by atoms with Gasteiger partial charge in [-0.1, -0.05) is 119 Å². The molecule has 1 N–H and O–H groups in total. The molecule has 7 aromatic rings. The average Bonchev–Trinajstić information content (AvgIpc) is 3.56. The fraction of sp³-hybridized carbons (Fsp3) is 0.209. The Balaban J connectivity index is 0.00000401. The molecule has 0 unspecified atom stereocenters. The Labute approximate surface area is 297 Å². The molecule has 5 aromatic carbocycles. The van der Waals surface area contributed by atoms with Gasteiger partial charge < -0.3 is 9.67 Å². The third-order valence-electron chi connectivity index (χ3n) is 9.18. The second-order valence-electron chi connectivity index (χ2n) is 13.4. The van der Waals surface area contributed by atoms with Crippen molar-refractivity contribution in [3.8, 4) is 45.3 Å². The van der Waals surface area contributed by atoms with Crippen LogP contribution in [0.1, 0.15) is 76.0 Å². The molecule has 48 heavy (non-hydrogen) atoms. The van der Waals surface area contributed by atoms with Crippen LogP contribution in [0.15, 0.2) is 109 Å². The minimum absolute atomic E-state index is 0. The minimum Gasteiger partial charge on any atom is -0.507 e. The number of benzene rings is 5. The summed E-state index contributed by atoms with van der Waals surface area (Å²) in [5.74, 6) is 2.16. The summed E-state index contributed by atoms with van der Waals surface area (Å²) in [7, 11) is 0. The topological polar surface area (TPSA) is 50.9 Å². The van der Waals surface area contributed by atoms with Crippen molar-refractivity contribution in [2.45, 2.75) is 59.3 Å². The Hall–Kier alpha value is -4.53. The molecule has 0 fully saturated rings. The summed E-state index contributed by atoms with van der Waals surface area (Å²) in [5, 5.41) is 15.4. The number of aromatic nitrogens is 3. The first-order chi connectivity index (χ1) is 22.7. The van der Waals surface area contributed by atoms with E-state index in [1.54, 1.807) is 0 Å². The predicted molar refractivity (Wildman–Crippen MR) is 195 cm³/mol. The summed E-state index contributed by atoms with van der Waals surface area (Å²) in [4.78, 5) is 10.1. The zero-order chi connectivity index (χ0) is 32.8. The van der Waals surface area contributed by atoms with Crippen LogP contribution in [0, 0.1) is 6.07 Å². The van der Waals surface area contributed by atoms with Gasteiger partial charge in [-0.15, -0.1) is 24.3 Å². The van der Waals surface area contributed by atoms with Gasteiger partial charge in [0.05, 0.1) is 11.5 Å². The molecule has 244 valence electrons. The molecule has 7 rings (SSSR count). The Morgan fingerprint density at radius 2 is 1.33 bits per heavy atom. The van der Waals surface area contributed by atoms with Crippen LogP contribution in [-0.4, -0.2) is 19.6 Å². The van der Waals surface area contributed by atoms with E-state index in [1.165, 1.54) is 22.4 Å². The fourth-order valence-electron chi connectivity index (χ4n) is 6.62. The molecule has 0 atom stereocenters. The number of hydrogen-bond donors (Lipinski definition) is 1. The van der Waals surface area contributed by atoms with Crippen molar-refractivity contribution in [3.05, 3.63) is 132 Å². The van der Waals surface area contributed by atoms with Gasteiger partial charge in [-0.05, 0) is 62.7 Å². The SMILES string of the molecule is CC(C)c1ccc2c(-c3cc4ccccc4cc3O)nc(-c3[c-]c(-c4nccn4-c4c(C(C)C)cccc4C(C)C)ccc3)cc2c1.[Pt]. The van der Waals surface area contributed by atoms with Crippen LogP contribution < -0.4 is 0 Å². The number of phenolic OH excluding ortho intramolecular Hbond substituents is 1. The van der Waals surface area contributed by atoms with Gasteiger partial charge in [0.15, 0.2) is 0 Å². The Kier molecular flexibility index (Phi) is 9.41. The van der Waals surface area contributed by atoms with E-state index < -0.39 is 0 Å². The van der Waals surface area contributed by atoms with Gasteiger partial charge in [-0.25, -0.2) is 0 Å². The number of hydrogen-bond acceptors (Lipinski definition) is 3. The molecule has 0 aliphatic rings. The number of imidazole rings is 1. The predicted octanol–water partition coefficient (Wildman–Crippen LogP) is 11.4. The van der Waals surface area contributed by atoms with Crippen molar-refractivity contribution in [3.63, 3.8) is 0 Å². The molecule has 0 aliphatic heterocycles. The van der Waals surface area contributed by atoms with Gasteiger partial charge >= 0.3 is 0 Å². The summed E-state index contributed by atoms with van der Waals surface area (Å²) in [5.41, 5.74) is 9.08. The van der Waals surface area contributed by atoms with E-state index in [0.717, 1.165) is 49.9 Å². The van der Waals surface area contributed by atoms with E-state index >= 15 is 0 Å². The van der Waals surface area contributed by atoms with Crippen molar-refractivity contribution >= 4 is 21.5 Å². The number of aromatic hydroxyl groups is 1. The third-order valence-corrected chi connectivity index (χ3v) is 9.18. The molecular weight excluding hydrogens is 770 g/mol. The summed E-state index contributed by atoms with van der Waals surface area (Å²) < 4.78 is 2.22. The molecule has 2 aromatic heterocycles. The van der Waals surface area contributed by atoms with Crippen molar-refractivity contribution in [1.29, 1.82) is 0 Å². The van der Waals surface area contributed by atoms with Gasteiger partial charge in [0.1, 0.15) is 5.75 Å². The van der Waals surface area contributed by atoms with Gasteiger partial charge in [0.2, 0.25) is 0 Å². The molecule has 2 heterocycles. The molecule has 5 heteroatoms. The largest absolute Gasteiger partial charge is 0.507 e. The van der Waals surface area contributed by atoms with Crippen molar-refractivity contribution in [2.75, 3.05) is 0 Å². The van der Waals surface area contributed by atoms with Crippen LogP contribution in [0.25, 0.3) is 61.1 Å². The molecule has 0 radical (unpaired) electrons. The Morgan fingerprint density at radius 1 is 0.667 bits per heavy atom. The summed E-state index contributed by atoms with van der Waals surface area (Å²) in [6, 6.07) is 37.2. The van der Waals surface area contributed by atoms with Crippen LogP contribution in [-0.2, 0) is 21.1 Å². The minimum atomic E-state index is 0. The van der Waals surface area contributed by atoms with E-state index in [9.17, 15) is 5.11 Å². The zero-order valence-corrected chi connectivity index (χ0v) is 30.5. The third kappa shape index (κ3) is 6.11. The number of nitrogens with zero attached hydrogens (tertiary/aromatic N) is 3. The normalized spacial score (nSPS) is 11.6. The van der Waals surface area contributed by atoms with Crippen molar-refractivity contribution < 1.29 is 26.2 Å². The van der Waals surface area contributed by atoms with Crippen molar-refractivity contribution in [1.82, 2.24) is 14.5 Å². The van der Waals surface area contributed by atoms with E-state index in [-0.39, 0.29) is 26.8 Å². The number of para-hydroxylation sites is 1. The molecule has 0 bridgehead atoms. The first-order valence-electron chi connectivity index (χ1n) is 16.6. The molecule has 4 nitrogen and oxygen atoms in total. The summed E-state index contributed by atoms with van der Waals surface area (Å²) >= 11 is 0. The average molecular weight is 810 g/mol. The van der Waals surface area contributed by atoms with E-state index in [1.807, 2.05) is 36.5 Å². The van der Waals surface area contributed by atoms with Crippen LogP contribution in [0.5, 0.6) is 5.75 Å². The summed E-state index contributed by atoms with van der Waals surface area (Å²) in [6.45, 7) is 13.4. The number of fused-ring (bicyclic) bond motifs is 2. The monoisotopic (exact) mass is 809 g/mol. The van der Waals surface area contributed by atoms with E-state index in [0.29, 0.717) is 23.3 Å². The number of rotatable bonds is 7. The Morgan fingerprint density at radius 3 is 2.02 bits per heavy atom. The molecule has 0 spiro atoms. The first kappa shape index (κ1) is 33.4. The molecule has 0 aliphatic carbocycles. The quantitative estimate of drug-likeness (QED) is 0.163. The first-order valence-corrected chi connectivity index (χ1v) is 16.6. The fourth-order valence-corrected chi connectivity index (χ4v) is 6.62. The van der Waals surface area contributed by atoms with Crippen molar-refractivity contribution in [2.24, 2.45) is 0 Å². The zero-order valence-electron chi connectivity index (χ0n) is 28.2. The molecule has 0 saturated carbocycles. The maximum Gasteiger partial charge on any atom is 0.125 e.